The highest BCUT2D eigenvalue weighted by atomic mass is 35.5. The largest absolute Gasteiger partial charge is 0.447 e. The lowest BCUT2D eigenvalue weighted by atomic mass is 9.87. The van der Waals surface area contributed by atoms with Gasteiger partial charge in [-0.3, -0.25) is 0 Å². The molecule has 0 radical (unpaired) electrons. The second kappa shape index (κ2) is 3.55. The molecule has 1 aromatic carbocycles. The van der Waals surface area contributed by atoms with E-state index < -0.39 is 15.9 Å². The van der Waals surface area contributed by atoms with Crippen LogP contribution >= 0.6 is 34.8 Å². The third kappa shape index (κ3) is 1.36. The summed E-state index contributed by atoms with van der Waals surface area (Å²) in [5.41, 5.74) is -0.430. The highest BCUT2D eigenvalue weighted by Crippen LogP contribution is 2.54. The van der Waals surface area contributed by atoms with E-state index >= 15 is 0 Å². The number of ether oxygens (including phenoxy) is 1. The van der Waals surface area contributed by atoms with Crippen LogP contribution in [0.4, 0.5) is 0 Å². The van der Waals surface area contributed by atoms with E-state index in [4.69, 9.17) is 39.5 Å². The molecule has 15 heavy (non-hydrogen) atoms. The molecule has 0 N–H and O–H groups in total. The fraction of sp³-hybridized carbons (Fsp3) is 0.300. The lowest BCUT2D eigenvalue weighted by molar-refractivity contribution is -0.193. The molecular weight excluding hydrogens is 258 g/mol. The number of halogens is 3. The van der Waals surface area contributed by atoms with Crippen LogP contribution in [0.1, 0.15) is 5.56 Å². The van der Waals surface area contributed by atoms with Gasteiger partial charge in [0.1, 0.15) is 0 Å². The first kappa shape index (κ1) is 11.1. The number of hydrogen-bond donors (Lipinski definition) is 0. The maximum absolute atomic E-state index is 11.2. The molecule has 1 fully saturated rings. The molecule has 0 saturated carbocycles. The number of benzene rings is 1. The number of hydrogen-bond acceptors (Lipinski definition) is 2. The molecule has 1 heterocycles. The van der Waals surface area contributed by atoms with Gasteiger partial charge in [0.05, 0.1) is 5.88 Å². The summed E-state index contributed by atoms with van der Waals surface area (Å²) < 4.78 is 3.44. The van der Waals surface area contributed by atoms with Crippen molar-refractivity contribution in [2.24, 2.45) is 0 Å². The van der Waals surface area contributed by atoms with Gasteiger partial charge in [0.25, 0.3) is 4.33 Å². The van der Waals surface area contributed by atoms with Crippen molar-refractivity contribution in [3.8, 4) is 0 Å². The van der Waals surface area contributed by atoms with Crippen LogP contribution in [0.25, 0.3) is 0 Å². The Morgan fingerprint density at radius 3 is 2.20 bits per heavy atom. The van der Waals surface area contributed by atoms with Gasteiger partial charge in [-0.1, -0.05) is 53.5 Å². The van der Waals surface area contributed by atoms with Crippen LogP contribution in [0, 0.1) is 0 Å². The number of carbonyl (C=O) groups excluding carboxylic acids is 1. The predicted molar refractivity (Wildman–Crippen MR) is 59.4 cm³/mol. The van der Waals surface area contributed by atoms with E-state index in [1.165, 1.54) is 0 Å². The maximum atomic E-state index is 11.2. The van der Waals surface area contributed by atoms with Gasteiger partial charge in [0.15, 0.2) is 5.60 Å². The molecule has 1 aromatic rings. The van der Waals surface area contributed by atoms with Crippen molar-refractivity contribution in [2.75, 3.05) is 5.88 Å². The fourth-order valence-electron chi connectivity index (χ4n) is 1.54. The molecule has 0 spiro atoms. The summed E-state index contributed by atoms with van der Waals surface area (Å²) in [6.07, 6.45) is 0. The lowest BCUT2D eigenvalue weighted by Gasteiger charge is -2.48. The van der Waals surface area contributed by atoms with Gasteiger partial charge in [0.2, 0.25) is 0 Å². The predicted octanol–water partition coefficient (Wildman–Crippen LogP) is 2.85. The van der Waals surface area contributed by atoms with Gasteiger partial charge in [-0.25, -0.2) is 4.79 Å². The zero-order valence-electron chi connectivity index (χ0n) is 7.54. The maximum Gasteiger partial charge on any atom is 0.348 e. The molecule has 5 heteroatoms. The fourth-order valence-corrected chi connectivity index (χ4v) is 2.59. The molecule has 0 bridgehead atoms. The Hall–Kier alpha value is -0.440. The number of cyclic esters (lactones) is 1. The van der Waals surface area contributed by atoms with E-state index in [1.54, 1.807) is 24.3 Å². The van der Waals surface area contributed by atoms with Crippen molar-refractivity contribution in [3.05, 3.63) is 35.9 Å². The summed E-state index contributed by atoms with van der Waals surface area (Å²) in [4.78, 5) is 11.2. The van der Waals surface area contributed by atoms with E-state index in [9.17, 15) is 4.79 Å². The molecule has 2 nitrogen and oxygen atoms in total. The molecule has 1 aliphatic rings. The first-order valence-electron chi connectivity index (χ1n) is 4.27. The molecule has 1 aliphatic heterocycles. The second-order valence-electron chi connectivity index (χ2n) is 3.29. The normalized spacial score (nSPS) is 28.1. The van der Waals surface area contributed by atoms with Crippen LogP contribution in [0.3, 0.4) is 0 Å². The minimum absolute atomic E-state index is 0.0236. The summed E-state index contributed by atoms with van der Waals surface area (Å²) >= 11 is 17.6. The van der Waals surface area contributed by atoms with Gasteiger partial charge < -0.3 is 4.74 Å². The van der Waals surface area contributed by atoms with Gasteiger partial charge in [-0.05, 0) is 0 Å². The van der Waals surface area contributed by atoms with Crippen molar-refractivity contribution in [1.29, 1.82) is 0 Å². The quantitative estimate of drug-likeness (QED) is 0.607. The Morgan fingerprint density at radius 1 is 1.20 bits per heavy atom. The minimum Gasteiger partial charge on any atom is -0.447 e. The SMILES string of the molecule is O=C1OC(CCl)(c2ccccc2)C1(Cl)Cl. The highest BCUT2D eigenvalue weighted by molar-refractivity contribution is 6.60. The average molecular weight is 266 g/mol. The van der Waals surface area contributed by atoms with Crippen LogP contribution in [0.5, 0.6) is 0 Å². The van der Waals surface area contributed by atoms with Gasteiger partial charge in [-0.15, -0.1) is 11.6 Å². The van der Waals surface area contributed by atoms with Crippen LogP contribution in [0.15, 0.2) is 30.3 Å². The van der Waals surface area contributed by atoms with E-state index in [-0.39, 0.29) is 5.88 Å². The molecule has 1 unspecified atom stereocenters. The number of carbonyl (C=O) groups is 1. The zero-order chi connectivity index (χ0) is 11.1. The summed E-state index contributed by atoms with van der Waals surface area (Å²) in [5, 5.41) is 0. The van der Waals surface area contributed by atoms with Gasteiger partial charge in [0, 0.05) is 5.56 Å². The highest BCUT2D eigenvalue weighted by Gasteiger charge is 2.68. The van der Waals surface area contributed by atoms with E-state index in [2.05, 4.69) is 0 Å². The van der Waals surface area contributed by atoms with Crippen molar-refractivity contribution in [1.82, 2.24) is 0 Å². The van der Waals surface area contributed by atoms with E-state index in [1.807, 2.05) is 6.07 Å². The van der Waals surface area contributed by atoms with Crippen LogP contribution in [-0.4, -0.2) is 16.2 Å². The summed E-state index contributed by atoms with van der Waals surface area (Å²) in [6, 6.07) is 9.00. The van der Waals surface area contributed by atoms with Crippen molar-refractivity contribution >= 4 is 40.8 Å². The minimum atomic E-state index is -1.60. The Bertz CT molecular complexity index is 391. The van der Waals surface area contributed by atoms with Crippen LogP contribution in [-0.2, 0) is 15.1 Å². The lowest BCUT2D eigenvalue weighted by Crippen LogP contribution is -2.64. The molecule has 1 atom stereocenters. The average Bonchev–Trinajstić information content (AvgIpc) is 2.26. The molecule has 0 aliphatic carbocycles. The monoisotopic (exact) mass is 264 g/mol. The Kier molecular flexibility index (Phi) is 2.61. The molecule has 0 aromatic heterocycles. The van der Waals surface area contributed by atoms with Gasteiger partial charge in [-0.2, -0.15) is 0 Å². The first-order chi connectivity index (χ1) is 7.04. The summed E-state index contributed by atoms with van der Waals surface area (Å²) in [7, 11) is 0. The summed E-state index contributed by atoms with van der Waals surface area (Å²) in [6.45, 7) is 0. The van der Waals surface area contributed by atoms with E-state index in [0.29, 0.717) is 5.56 Å². The topological polar surface area (TPSA) is 26.3 Å². The van der Waals surface area contributed by atoms with Crippen LogP contribution in [0.2, 0.25) is 0 Å². The molecule has 2 rings (SSSR count). The third-order valence-electron chi connectivity index (χ3n) is 2.46. The zero-order valence-corrected chi connectivity index (χ0v) is 9.81. The number of alkyl halides is 3. The van der Waals surface area contributed by atoms with Crippen LogP contribution < -0.4 is 0 Å². The Balaban J connectivity index is 2.46. The Labute approximate surface area is 102 Å². The first-order valence-corrected chi connectivity index (χ1v) is 5.56. The smallest absolute Gasteiger partial charge is 0.348 e. The van der Waals surface area contributed by atoms with Crippen molar-refractivity contribution < 1.29 is 9.53 Å². The number of rotatable bonds is 2. The molecule has 1 saturated heterocycles. The van der Waals surface area contributed by atoms with Gasteiger partial charge >= 0.3 is 5.97 Å². The standard InChI is InChI=1S/C10H7Cl3O2/c11-6-9(7-4-2-1-3-5-7)10(12,13)8(14)15-9/h1-5H,6H2. The molecule has 80 valence electrons. The Morgan fingerprint density at radius 2 is 1.80 bits per heavy atom. The summed E-state index contributed by atoms with van der Waals surface area (Å²) in [5.74, 6) is -0.634. The molecular formula is C10H7Cl3O2. The number of esters is 1. The van der Waals surface area contributed by atoms with E-state index in [0.717, 1.165) is 0 Å². The van der Waals surface area contributed by atoms with Crippen molar-refractivity contribution in [2.45, 2.75) is 9.93 Å². The van der Waals surface area contributed by atoms with Crippen molar-refractivity contribution in [3.63, 3.8) is 0 Å². The molecule has 0 amide bonds. The third-order valence-corrected chi connectivity index (χ3v) is 3.75. The second-order valence-corrected chi connectivity index (χ2v) is 4.89.